The largest absolute Gasteiger partial charge is 0.504 e. The summed E-state index contributed by atoms with van der Waals surface area (Å²) in [5, 5.41) is 9.98. The van der Waals surface area contributed by atoms with E-state index in [-0.39, 0.29) is 5.75 Å². The van der Waals surface area contributed by atoms with Crippen molar-refractivity contribution in [2.45, 2.75) is 6.92 Å². The third-order valence-electron chi connectivity index (χ3n) is 1.82. The van der Waals surface area contributed by atoms with E-state index >= 15 is 0 Å². The molecule has 0 bridgehead atoms. The van der Waals surface area contributed by atoms with Crippen molar-refractivity contribution in [2.24, 2.45) is 0 Å². The molecule has 1 N–H and O–H groups in total. The Balaban J connectivity index is 2.95. The van der Waals surface area contributed by atoms with E-state index in [4.69, 9.17) is 11.6 Å². The summed E-state index contributed by atoms with van der Waals surface area (Å²) in [6, 6.07) is 1.67. The van der Waals surface area contributed by atoms with Gasteiger partial charge in [-0.05, 0) is 35.6 Å². The number of hydrogen-bond acceptors (Lipinski definition) is 3. The average Bonchev–Trinajstić information content (AvgIpc) is 2.14. The summed E-state index contributed by atoms with van der Waals surface area (Å²) in [5.41, 5.74) is 1.89. The van der Waals surface area contributed by atoms with Gasteiger partial charge in [0, 0.05) is 9.77 Å². The molecular weight excluding hydrogens is 314 g/mol. The van der Waals surface area contributed by atoms with Crippen LogP contribution in [0, 0.1) is 10.5 Å². The fourth-order valence-corrected chi connectivity index (χ4v) is 2.27. The van der Waals surface area contributed by atoms with Crippen molar-refractivity contribution < 1.29 is 5.11 Å². The maximum absolute atomic E-state index is 9.67. The van der Waals surface area contributed by atoms with E-state index in [1.165, 1.54) is 0 Å². The van der Waals surface area contributed by atoms with Gasteiger partial charge in [0.2, 0.25) is 0 Å². The zero-order valence-electron chi connectivity index (χ0n) is 7.25. The van der Waals surface area contributed by atoms with E-state index in [1.54, 1.807) is 12.3 Å². The molecule has 14 heavy (non-hydrogen) atoms. The predicted molar refractivity (Wildman–Crippen MR) is 63.7 cm³/mol. The number of hydrogen-bond donors (Lipinski definition) is 1. The van der Waals surface area contributed by atoms with Crippen molar-refractivity contribution in [3.63, 3.8) is 0 Å². The van der Waals surface area contributed by atoms with E-state index in [2.05, 4.69) is 32.6 Å². The standard InChI is InChI=1S/C9H6ClIN2O/c1-4-3-12-7-6(11)2-5(10)9(14)8(7)13-4/h2-3,14H,1H3. The first-order valence-electron chi connectivity index (χ1n) is 3.90. The summed E-state index contributed by atoms with van der Waals surface area (Å²) in [6.07, 6.45) is 1.66. The second-order valence-electron chi connectivity index (χ2n) is 2.90. The number of aryl methyl sites for hydroxylation is 1. The summed E-state index contributed by atoms with van der Waals surface area (Å²) in [6.45, 7) is 1.82. The van der Waals surface area contributed by atoms with Crippen LogP contribution in [0.25, 0.3) is 11.0 Å². The Morgan fingerprint density at radius 2 is 2.14 bits per heavy atom. The second-order valence-corrected chi connectivity index (χ2v) is 4.47. The molecule has 0 aliphatic rings. The molecule has 1 heterocycles. The number of nitrogens with zero attached hydrogens (tertiary/aromatic N) is 2. The molecule has 0 spiro atoms. The maximum Gasteiger partial charge on any atom is 0.162 e. The van der Waals surface area contributed by atoms with Gasteiger partial charge in [0.15, 0.2) is 5.75 Å². The first kappa shape index (κ1) is 9.92. The summed E-state index contributed by atoms with van der Waals surface area (Å²) in [5.74, 6) is -0.00159. The normalized spacial score (nSPS) is 10.8. The van der Waals surface area contributed by atoms with Gasteiger partial charge in [-0.3, -0.25) is 4.98 Å². The van der Waals surface area contributed by atoms with Crippen LogP contribution in [0.15, 0.2) is 12.3 Å². The topological polar surface area (TPSA) is 46.0 Å². The Morgan fingerprint density at radius 1 is 1.43 bits per heavy atom. The van der Waals surface area contributed by atoms with E-state index < -0.39 is 0 Å². The minimum Gasteiger partial charge on any atom is -0.504 e. The lowest BCUT2D eigenvalue weighted by atomic mass is 10.2. The highest BCUT2D eigenvalue weighted by Gasteiger charge is 2.10. The Kier molecular flexibility index (Phi) is 2.48. The van der Waals surface area contributed by atoms with Crippen molar-refractivity contribution in [3.8, 4) is 5.75 Å². The van der Waals surface area contributed by atoms with Gasteiger partial charge < -0.3 is 5.11 Å². The Morgan fingerprint density at radius 3 is 2.86 bits per heavy atom. The minimum atomic E-state index is -0.00159. The van der Waals surface area contributed by atoms with Crippen LogP contribution in [0.2, 0.25) is 5.02 Å². The first-order chi connectivity index (χ1) is 6.59. The number of fused-ring (bicyclic) bond motifs is 1. The van der Waals surface area contributed by atoms with Gasteiger partial charge in [0.05, 0.1) is 10.7 Å². The summed E-state index contributed by atoms with van der Waals surface area (Å²) >= 11 is 7.94. The zero-order valence-corrected chi connectivity index (χ0v) is 10.2. The fourth-order valence-electron chi connectivity index (χ4n) is 1.18. The molecule has 1 aromatic heterocycles. The Labute approximate surface area is 99.3 Å². The van der Waals surface area contributed by atoms with Crippen LogP contribution in [0.4, 0.5) is 0 Å². The highest BCUT2D eigenvalue weighted by molar-refractivity contribution is 14.1. The number of benzene rings is 1. The van der Waals surface area contributed by atoms with Crippen molar-refractivity contribution in [2.75, 3.05) is 0 Å². The van der Waals surface area contributed by atoms with Gasteiger partial charge in [-0.15, -0.1) is 0 Å². The molecule has 5 heteroatoms. The molecule has 0 amide bonds. The highest BCUT2D eigenvalue weighted by Crippen LogP contribution is 2.33. The van der Waals surface area contributed by atoms with Gasteiger partial charge in [0.1, 0.15) is 11.0 Å². The van der Waals surface area contributed by atoms with Gasteiger partial charge in [-0.1, -0.05) is 11.6 Å². The molecule has 0 saturated carbocycles. The molecule has 2 rings (SSSR count). The number of phenolic OH excluding ortho intramolecular Hbond substituents is 1. The van der Waals surface area contributed by atoms with Gasteiger partial charge in [-0.2, -0.15) is 0 Å². The Bertz CT molecular complexity index is 516. The van der Waals surface area contributed by atoms with Crippen LogP contribution in [0.3, 0.4) is 0 Å². The molecular formula is C9H6ClIN2O. The highest BCUT2D eigenvalue weighted by atomic mass is 127. The lowest BCUT2D eigenvalue weighted by Crippen LogP contribution is -1.90. The minimum absolute atomic E-state index is 0.00159. The van der Waals surface area contributed by atoms with Gasteiger partial charge >= 0.3 is 0 Å². The molecule has 0 radical (unpaired) electrons. The van der Waals surface area contributed by atoms with E-state index in [9.17, 15) is 5.11 Å². The maximum atomic E-state index is 9.67. The molecule has 1 aromatic carbocycles. The molecule has 0 saturated heterocycles. The van der Waals surface area contributed by atoms with Crippen molar-refractivity contribution in [1.82, 2.24) is 9.97 Å². The number of aromatic hydroxyl groups is 1. The van der Waals surface area contributed by atoms with Gasteiger partial charge in [0.25, 0.3) is 0 Å². The first-order valence-corrected chi connectivity index (χ1v) is 5.35. The van der Waals surface area contributed by atoms with Crippen molar-refractivity contribution in [3.05, 3.63) is 26.5 Å². The molecule has 0 atom stereocenters. The molecule has 0 aliphatic carbocycles. The third kappa shape index (κ3) is 1.52. The number of halogens is 2. The molecule has 0 fully saturated rings. The zero-order chi connectivity index (χ0) is 10.3. The SMILES string of the molecule is Cc1cnc2c(I)cc(Cl)c(O)c2n1. The molecule has 0 aliphatic heterocycles. The average molecular weight is 321 g/mol. The van der Waals surface area contributed by atoms with E-state index in [0.29, 0.717) is 16.1 Å². The summed E-state index contributed by atoms with van der Waals surface area (Å²) < 4.78 is 0.882. The van der Waals surface area contributed by atoms with Crippen LogP contribution < -0.4 is 0 Å². The van der Waals surface area contributed by atoms with Crippen LogP contribution in [-0.4, -0.2) is 15.1 Å². The number of phenols is 1. The summed E-state index contributed by atoms with van der Waals surface area (Å²) in [4.78, 5) is 8.39. The monoisotopic (exact) mass is 320 g/mol. The molecule has 3 nitrogen and oxygen atoms in total. The lowest BCUT2D eigenvalue weighted by molar-refractivity contribution is 0.480. The van der Waals surface area contributed by atoms with E-state index in [1.807, 2.05) is 6.92 Å². The number of aromatic nitrogens is 2. The molecule has 2 aromatic rings. The second kappa shape index (κ2) is 3.51. The number of rotatable bonds is 0. The van der Waals surface area contributed by atoms with E-state index in [0.717, 1.165) is 9.26 Å². The van der Waals surface area contributed by atoms with Crippen molar-refractivity contribution in [1.29, 1.82) is 0 Å². The smallest absolute Gasteiger partial charge is 0.162 e. The molecule has 72 valence electrons. The lowest BCUT2D eigenvalue weighted by Gasteiger charge is -2.04. The van der Waals surface area contributed by atoms with Crippen LogP contribution in [0.5, 0.6) is 5.75 Å². The van der Waals surface area contributed by atoms with Gasteiger partial charge in [-0.25, -0.2) is 4.98 Å². The van der Waals surface area contributed by atoms with Crippen molar-refractivity contribution >= 4 is 45.2 Å². The quantitative estimate of drug-likeness (QED) is 0.759. The van der Waals surface area contributed by atoms with Crippen LogP contribution in [-0.2, 0) is 0 Å². The third-order valence-corrected chi connectivity index (χ3v) is 2.93. The van der Waals surface area contributed by atoms with Crippen LogP contribution >= 0.6 is 34.2 Å². The van der Waals surface area contributed by atoms with Crippen LogP contribution in [0.1, 0.15) is 5.69 Å². The fraction of sp³-hybridized carbons (Fsp3) is 0.111. The Hall–Kier alpha value is -0.620. The summed E-state index contributed by atoms with van der Waals surface area (Å²) in [7, 11) is 0. The predicted octanol–water partition coefficient (Wildman–Crippen LogP) is 2.90. The molecule has 0 unspecified atom stereocenters.